The largest absolute Gasteiger partial charge is 0.366 e. The van der Waals surface area contributed by atoms with Gasteiger partial charge in [0, 0.05) is 11.6 Å². The predicted molar refractivity (Wildman–Crippen MR) is 76.3 cm³/mol. The minimum absolute atomic E-state index is 0.0759. The quantitative estimate of drug-likeness (QED) is 0.797. The van der Waals surface area contributed by atoms with Gasteiger partial charge in [-0.2, -0.15) is 0 Å². The van der Waals surface area contributed by atoms with Gasteiger partial charge >= 0.3 is 0 Å². The van der Waals surface area contributed by atoms with Crippen LogP contribution >= 0.6 is 11.6 Å². The first-order valence-corrected chi connectivity index (χ1v) is 6.75. The molecule has 8 heteroatoms. The summed E-state index contributed by atoms with van der Waals surface area (Å²) in [6.45, 7) is 0. The predicted octanol–water partition coefficient (Wildman–Crippen LogP) is 1.69. The summed E-state index contributed by atoms with van der Waals surface area (Å²) < 4.78 is 0. The van der Waals surface area contributed by atoms with Gasteiger partial charge in [-0.3, -0.25) is 14.7 Å². The van der Waals surface area contributed by atoms with Crippen LogP contribution < -0.4 is 11.1 Å². The fourth-order valence-corrected chi connectivity index (χ4v) is 2.17. The Kier molecular flexibility index (Phi) is 3.34. The Morgan fingerprint density at radius 3 is 2.76 bits per heavy atom. The third kappa shape index (κ3) is 2.87. The summed E-state index contributed by atoms with van der Waals surface area (Å²) in [4.78, 5) is 27.2. The molecule has 0 atom stereocenters. The molecule has 1 aromatic heterocycles. The molecule has 2 aromatic rings. The van der Waals surface area contributed by atoms with Crippen molar-refractivity contribution in [1.29, 1.82) is 0 Å². The number of nitrogens with two attached hydrogens (primary N) is 1. The average molecular weight is 306 g/mol. The minimum atomic E-state index is -0.624. The fraction of sp³-hybridized carbons (Fsp3) is 0.231. The van der Waals surface area contributed by atoms with Crippen LogP contribution in [0.2, 0.25) is 5.02 Å². The van der Waals surface area contributed by atoms with Crippen molar-refractivity contribution in [3.8, 4) is 0 Å². The number of carbonyl (C=O) groups excluding carboxylic acids is 2. The van der Waals surface area contributed by atoms with Crippen LogP contribution in [0.4, 0.5) is 5.69 Å². The Hall–Kier alpha value is -2.41. The van der Waals surface area contributed by atoms with E-state index in [2.05, 4.69) is 20.5 Å². The highest BCUT2D eigenvalue weighted by Crippen LogP contribution is 2.37. The van der Waals surface area contributed by atoms with E-state index in [-0.39, 0.29) is 16.4 Å². The van der Waals surface area contributed by atoms with Crippen LogP contribution in [-0.2, 0) is 0 Å². The Morgan fingerprint density at radius 1 is 1.38 bits per heavy atom. The van der Waals surface area contributed by atoms with Crippen LogP contribution in [0.1, 0.15) is 45.6 Å². The second-order valence-electron chi connectivity index (χ2n) is 4.83. The number of carbonyl (C=O) groups is 2. The van der Waals surface area contributed by atoms with Crippen LogP contribution in [-0.4, -0.2) is 27.0 Å². The lowest BCUT2D eigenvalue weighted by Crippen LogP contribution is -2.15. The summed E-state index contributed by atoms with van der Waals surface area (Å²) in [7, 11) is 0. The van der Waals surface area contributed by atoms with E-state index < -0.39 is 11.8 Å². The zero-order chi connectivity index (χ0) is 15.0. The number of halogens is 1. The molecule has 0 bridgehead atoms. The number of amides is 2. The van der Waals surface area contributed by atoms with Gasteiger partial charge in [-0.05, 0) is 31.0 Å². The number of nitrogens with zero attached hydrogens (tertiary/aromatic N) is 2. The molecule has 108 valence electrons. The van der Waals surface area contributed by atoms with Crippen molar-refractivity contribution < 1.29 is 9.59 Å². The molecular weight excluding hydrogens is 294 g/mol. The first kappa shape index (κ1) is 13.6. The molecule has 1 aliphatic rings. The lowest BCUT2D eigenvalue weighted by molar-refractivity contribution is 0.0997. The highest BCUT2D eigenvalue weighted by molar-refractivity contribution is 6.34. The fourth-order valence-electron chi connectivity index (χ4n) is 1.89. The number of aromatic amines is 1. The zero-order valence-corrected chi connectivity index (χ0v) is 11.6. The maximum atomic E-state index is 12.0. The maximum Gasteiger partial charge on any atom is 0.295 e. The summed E-state index contributed by atoms with van der Waals surface area (Å²) in [5.41, 5.74) is 5.79. The van der Waals surface area contributed by atoms with Crippen molar-refractivity contribution in [2.75, 3.05) is 5.32 Å². The molecular formula is C13H12ClN5O2. The van der Waals surface area contributed by atoms with E-state index >= 15 is 0 Å². The van der Waals surface area contributed by atoms with Gasteiger partial charge in [-0.1, -0.05) is 11.6 Å². The topological polar surface area (TPSA) is 114 Å². The lowest BCUT2D eigenvalue weighted by Gasteiger charge is -2.05. The first-order chi connectivity index (χ1) is 10.0. The molecule has 1 aliphatic carbocycles. The highest BCUT2D eigenvalue weighted by Gasteiger charge is 2.28. The SMILES string of the molecule is NC(=O)c1ccc(NC(=O)c2n[nH]c(C3CC3)n2)cc1Cl. The summed E-state index contributed by atoms with van der Waals surface area (Å²) in [6.07, 6.45) is 2.14. The number of hydrogen-bond acceptors (Lipinski definition) is 4. The number of hydrogen-bond donors (Lipinski definition) is 3. The highest BCUT2D eigenvalue weighted by atomic mass is 35.5. The molecule has 1 saturated carbocycles. The molecule has 0 spiro atoms. The van der Waals surface area contributed by atoms with E-state index in [1.54, 1.807) is 6.07 Å². The zero-order valence-electron chi connectivity index (χ0n) is 10.9. The number of H-pyrrole nitrogens is 1. The monoisotopic (exact) mass is 305 g/mol. The molecule has 2 amide bonds. The molecule has 7 nitrogen and oxygen atoms in total. The number of aromatic nitrogens is 3. The number of primary amides is 1. The van der Waals surface area contributed by atoms with Gasteiger partial charge in [0.25, 0.3) is 5.91 Å². The van der Waals surface area contributed by atoms with E-state index in [1.807, 2.05) is 0 Å². The van der Waals surface area contributed by atoms with E-state index in [1.165, 1.54) is 12.1 Å². The van der Waals surface area contributed by atoms with E-state index in [0.717, 1.165) is 18.7 Å². The van der Waals surface area contributed by atoms with Gasteiger partial charge in [-0.25, -0.2) is 4.98 Å². The average Bonchev–Trinajstić information content (AvgIpc) is 3.16. The molecule has 21 heavy (non-hydrogen) atoms. The number of rotatable bonds is 4. The molecule has 1 fully saturated rings. The first-order valence-electron chi connectivity index (χ1n) is 6.37. The van der Waals surface area contributed by atoms with Gasteiger partial charge in [0.1, 0.15) is 5.82 Å². The molecule has 3 rings (SSSR count). The third-order valence-corrected chi connectivity index (χ3v) is 3.47. The van der Waals surface area contributed by atoms with Gasteiger partial charge in [-0.15, -0.1) is 5.10 Å². The standard InChI is InChI=1S/C13H12ClN5O2/c14-9-5-7(3-4-8(9)10(15)20)16-13(21)12-17-11(18-19-12)6-1-2-6/h3-6H,1-2H2,(H2,15,20)(H,16,21)(H,17,18,19). The van der Waals surface area contributed by atoms with Crippen molar-refractivity contribution >= 4 is 29.1 Å². The van der Waals surface area contributed by atoms with Crippen LogP contribution in [0.25, 0.3) is 0 Å². The van der Waals surface area contributed by atoms with Gasteiger partial charge in [0.05, 0.1) is 10.6 Å². The Bertz CT molecular complexity index is 723. The maximum absolute atomic E-state index is 12.0. The van der Waals surface area contributed by atoms with Gasteiger partial charge in [0.15, 0.2) is 0 Å². The lowest BCUT2D eigenvalue weighted by atomic mass is 10.2. The van der Waals surface area contributed by atoms with Gasteiger partial charge in [0.2, 0.25) is 11.7 Å². The normalized spacial score (nSPS) is 14.0. The number of anilines is 1. The second kappa shape index (κ2) is 5.17. The second-order valence-corrected chi connectivity index (χ2v) is 5.24. The van der Waals surface area contributed by atoms with E-state index in [9.17, 15) is 9.59 Å². The molecule has 0 aliphatic heterocycles. The van der Waals surface area contributed by atoms with E-state index in [0.29, 0.717) is 11.6 Å². The van der Waals surface area contributed by atoms with Crippen molar-refractivity contribution in [3.63, 3.8) is 0 Å². The summed E-state index contributed by atoms with van der Waals surface area (Å²) >= 11 is 5.92. The Morgan fingerprint density at radius 2 is 2.14 bits per heavy atom. The Balaban J connectivity index is 1.74. The van der Waals surface area contributed by atoms with Crippen LogP contribution in [0.5, 0.6) is 0 Å². The van der Waals surface area contributed by atoms with Gasteiger partial charge < -0.3 is 11.1 Å². The molecule has 0 unspecified atom stereocenters. The summed E-state index contributed by atoms with van der Waals surface area (Å²) in [5, 5.41) is 9.44. The molecule has 0 radical (unpaired) electrons. The van der Waals surface area contributed by atoms with E-state index in [4.69, 9.17) is 17.3 Å². The van der Waals surface area contributed by atoms with Crippen molar-refractivity contribution in [3.05, 3.63) is 40.4 Å². The summed E-state index contributed by atoms with van der Waals surface area (Å²) in [5.74, 6) is 0.138. The minimum Gasteiger partial charge on any atom is -0.366 e. The van der Waals surface area contributed by atoms with Crippen molar-refractivity contribution in [2.24, 2.45) is 5.73 Å². The van der Waals surface area contributed by atoms with Crippen LogP contribution in [0.3, 0.4) is 0 Å². The molecule has 0 saturated heterocycles. The van der Waals surface area contributed by atoms with Crippen molar-refractivity contribution in [2.45, 2.75) is 18.8 Å². The molecule has 4 N–H and O–H groups in total. The molecule has 1 heterocycles. The van der Waals surface area contributed by atoms with Crippen molar-refractivity contribution in [1.82, 2.24) is 15.2 Å². The number of nitrogens with one attached hydrogen (secondary N) is 2. The third-order valence-electron chi connectivity index (χ3n) is 3.16. The summed E-state index contributed by atoms with van der Waals surface area (Å²) in [6, 6.07) is 4.44. The van der Waals surface area contributed by atoms with Crippen LogP contribution in [0, 0.1) is 0 Å². The molecule has 1 aromatic carbocycles. The smallest absolute Gasteiger partial charge is 0.295 e. The Labute approximate surface area is 124 Å². The number of benzene rings is 1. The van der Waals surface area contributed by atoms with Crippen LogP contribution in [0.15, 0.2) is 18.2 Å².